The summed E-state index contributed by atoms with van der Waals surface area (Å²) in [7, 11) is 3.49. The minimum Gasteiger partial charge on any atom is -0.457 e. The van der Waals surface area contributed by atoms with Gasteiger partial charge in [0.1, 0.15) is 17.2 Å². The predicted molar refractivity (Wildman–Crippen MR) is 114 cm³/mol. The first-order chi connectivity index (χ1) is 15.1. The van der Waals surface area contributed by atoms with Gasteiger partial charge in [-0.3, -0.25) is 9.78 Å². The smallest absolute Gasteiger partial charge is 0.269 e. The van der Waals surface area contributed by atoms with Crippen molar-refractivity contribution in [2.75, 3.05) is 19.2 Å². The lowest BCUT2D eigenvalue weighted by Gasteiger charge is -2.07. The number of nitrogens with zero attached hydrogens (tertiary/aromatic N) is 3. The molecule has 0 unspecified atom stereocenters. The van der Waals surface area contributed by atoms with Gasteiger partial charge >= 0.3 is 0 Å². The van der Waals surface area contributed by atoms with E-state index in [2.05, 4.69) is 20.6 Å². The fourth-order valence-electron chi connectivity index (χ4n) is 3.32. The zero-order chi connectivity index (χ0) is 21.4. The number of fused-ring (bicyclic) bond motifs is 2. The highest BCUT2D eigenvalue weighted by Crippen LogP contribution is 2.35. The third kappa shape index (κ3) is 3.57. The summed E-state index contributed by atoms with van der Waals surface area (Å²) in [5, 5.41) is 5.86. The molecule has 1 aliphatic rings. The first-order valence-corrected chi connectivity index (χ1v) is 9.60. The molecule has 9 heteroatoms. The van der Waals surface area contributed by atoms with Crippen LogP contribution < -0.4 is 24.8 Å². The Morgan fingerprint density at radius 1 is 1.06 bits per heavy atom. The Bertz CT molecular complexity index is 1300. The number of rotatable bonds is 5. The van der Waals surface area contributed by atoms with Gasteiger partial charge < -0.3 is 29.4 Å². The van der Waals surface area contributed by atoms with Crippen LogP contribution in [0.5, 0.6) is 23.0 Å². The van der Waals surface area contributed by atoms with E-state index in [0.29, 0.717) is 23.2 Å². The van der Waals surface area contributed by atoms with Crippen molar-refractivity contribution in [1.29, 1.82) is 0 Å². The molecule has 0 saturated heterocycles. The summed E-state index contributed by atoms with van der Waals surface area (Å²) in [5.41, 5.74) is 2.84. The van der Waals surface area contributed by atoms with Crippen LogP contribution in [0.2, 0.25) is 0 Å². The molecule has 156 valence electrons. The van der Waals surface area contributed by atoms with E-state index >= 15 is 0 Å². The molecule has 9 nitrogen and oxygen atoms in total. The molecule has 1 amide bonds. The number of anilines is 2. The molecule has 2 N–H and O–H groups in total. The van der Waals surface area contributed by atoms with E-state index < -0.39 is 0 Å². The molecule has 3 heterocycles. The molecule has 0 fully saturated rings. The normalized spacial score (nSPS) is 12.1. The molecule has 31 heavy (non-hydrogen) atoms. The Kier molecular flexibility index (Phi) is 4.55. The third-order valence-corrected chi connectivity index (χ3v) is 4.91. The Hall–Kier alpha value is -4.27. The lowest BCUT2D eigenvalue weighted by molar-refractivity contribution is 0.0958. The number of ether oxygens (including phenoxy) is 3. The van der Waals surface area contributed by atoms with Crippen molar-refractivity contribution in [1.82, 2.24) is 19.9 Å². The average molecular weight is 417 g/mol. The van der Waals surface area contributed by atoms with Crippen LogP contribution in [-0.4, -0.2) is 34.3 Å². The van der Waals surface area contributed by atoms with Gasteiger partial charge in [-0.05, 0) is 30.3 Å². The Morgan fingerprint density at radius 3 is 2.77 bits per heavy atom. The van der Waals surface area contributed by atoms with Crippen LogP contribution in [0.25, 0.3) is 11.0 Å². The molecule has 0 aliphatic carbocycles. The van der Waals surface area contributed by atoms with Gasteiger partial charge in [-0.15, -0.1) is 0 Å². The van der Waals surface area contributed by atoms with E-state index in [4.69, 9.17) is 14.2 Å². The Morgan fingerprint density at radius 2 is 1.90 bits per heavy atom. The summed E-state index contributed by atoms with van der Waals surface area (Å²) in [4.78, 5) is 20.5. The third-order valence-electron chi connectivity index (χ3n) is 4.91. The molecule has 0 spiro atoms. The maximum Gasteiger partial charge on any atom is 0.269 e. The van der Waals surface area contributed by atoms with Gasteiger partial charge in [0.2, 0.25) is 12.7 Å². The van der Waals surface area contributed by atoms with Crippen LogP contribution in [-0.2, 0) is 7.05 Å². The van der Waals surface area contributed by atoms with Crippen molar-refractivity contribution in [3.63, 3.8) is 0 Å². The summed E-state index contributed by atoms with van der Waals surface area (Å²) in [6.45, 7) is 0.232. The van der Waals surface area contributed by atoms with Crippen molar-refractivity contribution in [2.45, 2.75) is 0 Å². The minimum absolute atomic E-state index is 0.232. The van der Waals surface area contributed by atoms with Crippen molar-refractivity contribution in [3.05, 3.63) is 60.4 Å². The Balaban J connectivity index is 1.40. The highest BCUT2D eigenvalue weighted by molar-refractivity contribution is 5.92. The van der Waals surface area contributed by atoms with Gasteiger partial charge in [-0.1, -0.05) is 0 Å². The fourth-order valence-corrected chi connectivity index (χ4v) is 3.32. The second kappa shape index (κ2) is 7.52. The van der Waals surface area contributed by atoms with E-state index in [1.165, 1.54) is 6.20 Å². The van der Waals surface area contributed by atoms with Gasteiger partial charge in [0.25, 0.3) is 5.91 Å². The molecule has 4 aromatic rings. The lowest BCUT2D eigenvalue weighted by Crippen LogP contribution is -2.18. The molecule has 2 aromatic heterocycles. The summed E-state index contributed by atoms with van der Waals surface area (Å²) < 4.78 is 18.7. The first-order valence-electron chi connectivity index (χ1n) is 9.60. The highest BCUT2D eigenvalue weighted by atomic mass is 16.7. The highest BCUT2D eigenvalue weighted by Gasteiger charge is 2.15. The van der Waals surface area contributed by atoms with Gasteiger partial charge in [-0.25, -0.2) is 4.98 Å². The minimum atomic E-state index is -0.273. The number of aryl methyl sites for hydroxylation is 1. The van der Waals surface area contributed by atoms with Gasteiger partial charge in [0.05, 0.1) is 11.0 Å². The number of aromatic nitrogens is 3. The summed E-state index contributed by atoms with van der Waals surface area (Å²) >= 11 is 0. The van der Waals surface area contributed by atoms with Crippen molar-refractivity contribution >= 4 is 28.6 Å². The molecule has 0 bridgehead atoms. The lowest BCUT2D eigenvalue weighted by atomic mass is 10.3. The van der Waals surface area contributed by atoms with E-state index in [1.54, 1.807) is 19.2 Å². The summed E-state index contributed by atoms with van der Waals surface area (Å²) in [6.07, 6.45) is 1.53. The van der Waals surface area contributed by atoms with Gasteiger partial charge in [0, 0.05) is 44.2 Å². The molecular weight excluding hydrogens is 398 g/mol. The van der Waals surface area contributed by atoms with E-state index in [9.17, 15) is 4.79 Å². The van der Waals surface area contributed by atoms with Crippen LogP contribution in [0, 0.1) is 0 Å². The van der Waals surface area contributed by atoms with E-state index in [0.717, 1.165) is 22.5 Å². The van der Waals surface area contributed by atoms with Crippen LogP contribution >= 0.6 is 0 Å². The number of nitrogens with one attached hydrogen (secondary N) is 2. The zero-order valence-corrected chi connectivity index (χ0v) is 16.9. The number of carbonyl (C=O) groups excluding carboxylic acids is 1. The topological polar surface area (TPSA) is 99.5 Å². The average Bonchev–Trinajstić information content (AvgIpc) is 3.37. The molecule has 1 aliphatic heterocycles. The second-order valence-electron chi connectivity index (χ2n) is 6.90. The van der Waals surface area contributed by atoms with E-state index in [1.807, 2.05) is 48.0 Å². The van der Waals surface area contributed by atoms with Crippen molar-refractivity contribution < 1.29 is 19.0 Å². The number of hydrogen-bond acceptors (Lipinski definition) is 7. The number of hydrogen-bond donors (Lipinski definition) is 2. The largest absolute Gasteiger partial charge is 0.457 e. The maximum absolute atomic E-state index is 11.8. The number of imidazole rings is 1. The quantitative estimate of drug-likeness (QED) is 0.512. The van der Waals surface area contributed by atoms with Crippen molar-refractivity contribution in [3.8, 4) is 23.0 Å². The van der Waals surface area contributed by atoms with Crippen LogP contribution in [0.15, 0.2) is 54.7 Å². The monoisotopic (exact) mass is 417 g/mol. The van der Waals surface area contributed by atoms with Crippen LogP contribution in [0.1, 0.15) is 10.5 Å². The van der Waals surface area contributed by atoms with Crippen molar-refractivity contribution in [2.24, 2.45) is 7.05 Å². The van der Waals surface area contributed by atoms with Gasteiger partial charge in [-0.2, -0.15) is 0 Å². The predicted octanol–water partition coefficient (Wildman–Crippen LogP) is 3.59. The second-order valence-corrected chi connectivity index (χ2v) is 6.90. The standard InChI is InChI=1S/C22H19N5O4/c1-23-21(28)17-11-15(7-8-24-17)31-14-4-5-18-16(10-14)26-22(27(18)2)25-13-3-6-19-20(9-13)30-12-29-19/h3-11H,12H2,1-2H3,(H,23,28)(H,25,26). The summed E-state index contributed by atoms with van der Waals surface area (Å²) in [5.74, 6) is 2.96. The molecule has 0 atom stereocenters. The number of pyridine rings is 1. The fraction of sp³-hybridized carbons (Fsp3) is 0.136. The molecular formula is C22H19N5O4. The SMILES string of the molecule is CNC(=O)c1cc(Oc2ccc3c(c2)nc(Nc2ccc4c(c2)OCO4)n3C)ccn1. The maximum atomic E-state index is 11.8. The van der Waals surface area contributed by atoms with Crippen LogP contribution in [0.3, 0.4) is 0 Å². The number of benzene rings is 2. The molecule has 2 aromatic carbocycles. The molecule has 5 rings (SSSR count). The van der Waals surface area contributed by atoms with Gasteiger partial charge in [0.15, 0.2) is 11.5 Å². The van der Waals surface area contributed by atoms with E-state index in [-0.39, 0.29) is 18.4 Å². The van der Waals surface area contributed by atoms with Crippen LogP contribution in [0.4, 0.5) is 11.6 Å². The molecule has 0 radical (unpaired) electrons. The summed E-state index contributed by atoms with van der Waals surface area (Å²) in [6, 6.07) is 14.6. The first kappa shape index (κ1) is 18.7. The Labute approximate surface area is 177 Å². The zero-order valence-electron chi connectivity index (χ0n) is 16.9. The number of amides is 1. The number of carbonyl (C=O) groups is 1. The molecule has 0 saturated carbocycles.